The van der Waals surface area contributed by atoms with Gasteiger partial charge >= 0.3 is 0 Å². The fraction of sp³-hybridized carbons (Fsp3) is 0.435. The van der Waals surface area contributed by atoms with Gasteiger partial charge in [-0.15, -0.1) is 0 Å². The van der Waals surface area contributed by atoms with Gasteiger partial charge in [0.2, 0.25) is 0 Å². The fourth-order valence-corrected chi connectivity index (χ4v) is 4.18. The first-order valence-electron chi connectivity index (χ1n) is 10.6. The molecule has 0 aliphatic carbocycles. The summed E-state index contributed by atoms with van der Waals surface area (Å²) in [5.74, 6) is 2.17. The van der Waals surface area contributed by atoms with Gasteiger partial charge in [-0.2, -0.15) is 5.10 Å². The van der Waals surface area contributed by atoms with Crippen LogP contribution in [0.25, 0.3) is 0 Å². The summed E-state index contributed by atoms with van der Waals surface area (Å²) >= 11 is 0. The number of carbonyl (C=O) groups excluding carboxylic acids is 1. The molecule has 1 aliphatic rings. The number of benzene rings is 1. The average molecular weight is 423 g/mol. The van der Waals surface area contributed by atoms with Crippen molar-refractivity contribution in [2.45, 2.75) is 32.4 Å². The third-order valence-corrected chi connectivity index (χ3v) is 5.95. The molecule has 164 valence electrons. The molecule has 8 heteroatoms. The Morgan fingerprint density at radius 1 is 1.29 bits per heavy atom. The Balaban J connectivity index is 1.42. The summed E-state index contributed by atoms with van der Waals surface area (Å²) in [4.78, 5) is 20.4. The zero-order chi connectivity index (χ0) is 22.0. The highest BCUT2D eigenvalue weighted by Crippen LogP contribution is 2.29. The second kappa shape index (κ2) is 8.93. The molecule has 2 aromatic heterocycles. The lowest BCUT2D eigenvalue weighted by molar-refractivity contribution is 0.0822. The van der Waals surface area contributed by atoms with Gasteiger partial charge in [-0.25, -0.2) is 4.98 Å². The number of likely N-dealkylation sites (tertiary alicyclic amines) is 1. The Bertz CT molecular complexity index is 1050. The van der Waals surface area contributed by atoms with Crippen LogP contribution in [0.2, 0.25) is 0 Å². The van der Waals surface area contributed by atoms with Crippen LogP contribution in [0.5, 0.6) is 5.75 Å². The number of hydrogen-bond acceptors (Lipinski definition) is 5. The van der Waals surface area contributed by atoms with Gasteiger partial charge in [0.05, 0.1) is 13.7 Å². The lowest BCUT2D eigenvalue weighted by Gasteiger charge is -2.18. The fourth-order valence-electron chi connectivity index (χ4n) is 4.18. The molecule has 4 rings (SSSR count). The van der Waals surface area contributed by atoms with E-state index in [1.807, 2.05) is 25.4 Å². The Hall–Kier alpha value is -3.13. The van der Waals surface area contributed by atoms with Crippen molar-refractivity contribution >= 4 is 5.91 Å². The molecule has 1 atom stereocenters. The number of hydrogen-bond donors (Lipinski definition) is 1. The number of aromatic amines is 1. The number of carbonyl (C=O) groups is 1. The summed E-state index contributed by atoms with van der Waals surface area (Å²) in [6.45, 7) is 5.59. The Labute approximate surface area is 182 Å². The highest BCUT2D eigenvalue weighted by molar-refractivity contribution is 5.92. The molecule has 0 unspecified atom stereocenters. The first kappa shape index (κ1) is 21.1. The van der Waals surface area contributed by atoms with E-state index in [-0.39, 0.29) is 5.91 Å². The molecule has 1 saturated heterocycles. The Kier molecular flexibility index (Phi) is 6.08. The van der Waals surface area contributed by atoms with E-state index in [1.54, 1.807) is 26.1 Å². The van der Waals surface area contributed by atoms with Gasteiger partial charge in [-0.05, 0) is 43.7 Å². The number of aryl methyl sites for hydroxylation is 1. The molecule has 3 aromatic rings. The van der Waals surface area contributed by atoms with Crippen LogP contribution < -0.4 is 4.74 Å². The Morgan fingerprint density at radius 3 is 2.84 bits per heavy atom. The molecule has 3 heterocycles. The van der Waals surface area contributed by atoms with Crippen molar-refractivity contribution in [1.29, 1.82) is 0 Å². The summed E-state index contributed by atoms with van der Waals surface area (Å²) in [6, 6.07) is 8.32. The summed E-state index contributed by atoms with van der Waals surface area (Å²) in [5.41, 5.74) is 3.94. The van der Waals surface area contributed by atoms with Crippen molar-refractivity contribution in [3.8, 4) is 5.75 Å². The zero-order valence-corrected chi connectivity index (χ0v) is 18.6. The molecular formula is C23H30N6O2. The van der Waals surface area contributed by atoms with Crippen LogP contribution in [0.3, 0.4) is 0 Å². The van der Waals surface area contributed by atoms with Crippen molar-refractivity contribution in [1.82, 2.24) is 29.5 Å². The molecule has 1 aliphatic heterocycles. The SMILES string of the molecule is COc1ccc(CN2CC[C@H](c3cc(C(=O)N(C)C)n[nH]3)C2)cc1Cn1ccnc1C. The first-order valence-corrected chi connectivity index (χ1v) is 10.6. The molecule has 0 saturated carbocycles. The zero-order valence-electron chi connectivity index (χ0n) is 18.6. The molecule has 8 nitrogen and oxygen atoms in total. The molecule has 1 amide bonds. The molecule has 1 fully saturated rings. The van der Waals surface area contributed by atoms with E-state index in [0.717, 1.165) is 55.4 Å². The number of H-pyrrole nitrogens is 1. The van der Waals surface area contributed by atoms with Crippen LogP contribution in [0, 0.1) is 6.92 Å². The summed E-state index contributed by atoms with van der Waals surface area (Å²) in [7, 11) is 5.19. The monoisotopic (exact) mass is 422 g/mol. The summed E-state index contributed by atoms with van der Waals surface area (Å²) in [5, 5.41) is 7.28. The predicted octanol–water partition coefficient (Wildman–Crippen LogP) is 2.66. The minimum Gasteiger partial charge on any atom is -0.496 e. The summed E-state index contributed by atoms with van der Waals surface area (Å²) < 4.78 is 7.71. The van der Waals surface area contributed by atoms with Crippen molar-refractivity contribution in [2.24, 2.45) is 0 Å². The second-order valence-corrected chi connectivity index (χ2v) is 8.38. The van der Waals surface area contributed by atoms with Gasteiger partial charge in [0.25, 0.3) is 5.91 Å². The van der Waals surface area contributed by atoms with E-state index in [1.165, 1.54) is 5.56 Å². The third-order valence-electron chi connectivity index (χ3n) is 5.95. The minimum atomic E-state index is -0.0729. The summed E-state index contributed by atoms with van der Waals surface area (Å²) in [6.07, 6.45) is 4.87. The van der Waals surface area contributed by atoms with Crippen LogP contribution in [-0.4, -0.2) is 69.8 Å². The molecule has 0 radical (unpaired) electrons. The predicted molar refractivity (Wildman–Crippen MR) is 118 cm³/mol. The van der Waals surface area contributed by atoms with Crippen LogP contribution in [0.1, 0.15) is 45.5 Å². The molecule has 0 spiro atoms. The number of aromatic nitrogens is 4. The van der Waals surface area contributed by atoms with Gasteiger partial charge in [-0.1, -0.05) is 6.07 Å². The highest BCUT2D eigenvalue weighted by Gasteiger charge is 2.26. The second-order valence-electron chi connectivity index (χ2n) is 8.38. The number of imidazole rings is 1. The highest BCUT2D eigenvalue weighted by atomic mass is 16.5. The molecule has 1 aromatic carbocycles. The minimum absolute atomic E-state index is 0.0729. The number of ether oxygens (including phenoxy) is 1. The van der Waals surface area contributed by atoms with Gasteiger partial charge in [0.15, 0.2) is 0 Å². The lowest BCUT2D eigenvalue weighted by Crippen LogP contribution is -2.22. The normalized spacial score (nSPS) is 16.6. The van der Waals surface area contributed by atoms with Crippen LogP contribution in [-0.2, 0) is 13.1 Å². The van der Waals surface area contributed by atoms with Crippen molar-refractivity contribution in [3.05, 3.63) is 65.0 Å². The maximum Gasteiger partial charge on any atom is 0.273 e. The number of amides is 1. The van der Waals surface area contributed by atoms with E-state index in [4.69, 9.17) is 4.74 Å². The quantitative estimate of drug-likeness (QED) is 0.633. The Morgan fingerprint density at radius 2 is 2.13 bits per heavy atom. The average Bonchev–Trinajstić information content (AvgIpc) is 3.49. The first-order chi connectivity index (χ1) is 14.9. The number of rotatable bonds is 7. The number of methoxy groups -OCH3 is 1. The van der Waals surface area contributed by atoms with E-state index >= 15 is 0 Å². The molecular weight excluding hydrogens is 392 g/mol. The standard InChI is InChI=1S/C23H30N6O2/c1-16-24-8-10-29(16)15-19-11-17(5-6-22(19)31-4)13-28-9-7-18(14-28)20-12-21(26-25-20)23(30)27(2)3/h5-6,8,10-12,18H,7,9,13-15H2,1-4H3,(H,25,26)/t18-/m0/s1. The molecule has 31 heavy (non-hydrogen) atoms. The van der Waals surface area contributed by atoms with Crippen molar-refractivity contribution in [2.75, 3.05) is 34.3 Å². The van der Waals surface area contributed by atoms with Crippen molar-refractivity contribution < 1.29 is 9.53 Å². The third kappa shape index (κ3) is 4.64. The van der Waals surface area contributed by atoms with Gasteiger partial charge in [-0.3, -0.25) is 14.8 Å². The van der Waals surface area contributed by atoms with E-state index in [9.17, 15) is 4.79 Å². The maximum absolute atomic E-state index is 12.1. The van der Waals surface area contributed by atoms with E-state index in [0.29, 0.717) is 11.6 Å². The number of nitrogens with one attached hydrogen (secondary N) is 1. The molecule has 1 N–H and O–H groups in total. The van der Waals surface area contributed by atoms with Gasteiger partial charge < -0.3 is 14.2 Å². The van der Waals surface area contributed by atoms with E-state index in [2.05, 4.69) is 42.8 Å². The smallest absolute Gasteiger partial charge is 0.273 e. The van der Waals surface area contributed by atoms with Gasteiger partial charge in [0.1, 0.15) is 17.3 Å². The van der Waals surface area contributed by atoms with Crippen LogP contribution >= 0.6 is 0 Å². The van der Waals surface area contributed by atoms with Gasteiger partial charge in [0, 0.05) is 56.8 Å². The molecule has 0 bridgehead atoms. The van der Waals surface area contributed by atoms with Crippen LogP contribution in [0.4, 0.5) is 0 Å². The lowest BCUT2D eigenvalue weighted by atomic mass is 10.0. The van der Waals surface area contributed by atoms with Crippen molar-refractivity contribution in [3.63, 3.8) is 0 Å². The van der Waals surface area contributed by atoms with E-state index < -0.39 is 0 Å². The maximum atomic E-state index is 12.1. The number of nitrogens with zero attached hydrogens (tertiary/aromatic N) is 5. The van der Waals surface area contributed by atoms with Crippen LogP contribution in [0.15, 0.2) is 36.7 Å². The topological polar surface area (TPSA) is 79.3 Å². The largest absolute Gasteiger partial charge is 0.496 e.